The second-order valence-corrected chi connectivity index (χ2v) is 6.45. The van der Waals surface area contributed by atoms with Crippen LogP contribution in [0, 0.1) is 5.41 Å². The Kier molecular flexibility index (Phi) is 7.67. The van der Waals surface area contributed by atoms with E-state index in [9.17, 15) is 13.2 Å². The van der Waals surface area contributed by atoms with Gasteiger partial charge in [0.15, 0.2) is 0 Å². The highest BCUT2D eigenvalue weighted by molar-refractivity contribution is 6.09. The molecule has 156 valence electrons. The molecular formula is C21H25F3N4O. The van der Waals surface area contributed by atoms with Crippen LogP contribution in [0.3, 0.4) is 0 Å². The molecule has 0 bridgehead atoms. The minimum atomic E-state index is -4.34. The van der Waals surface area contributed by atoms with Crippen molar-refractivity contribution in [3.8, 4) is 5.75 Å². The molecule has 0 aliphatic rings. The van der Waals surface area contributed by atoms with Gasteiger partial charge in [-0.2, -0.15) is 13.2 Å². The summed E-state index contributed by atoms with van der Waals surface area (Å²) in [5.74, 6) is 0.603. The Hall–Kier alpha value is -3.00. The summed E-state index contributed by atoms with van der Waals surface area (Å²) in [5, 5.41) is 10.6. The first-order chi connectivity index (χ1) is 13.8. The molecule has 0 spiro atoms. The van der Waals surface area contributed by atoms with Crippen molar-refractivity contribution in [1.29, 1.82) is 5.41 Å². The van der Waals surface area contributed by atoms with Crippen LogP contribution in [0.1, 0.15) is 16.7 Å². The molecule has 0 aromatic heterocycles. The second-order valence-electron chi connectivity index (χ2n) is 6.45. The number of nitrogens with zero attached hydrogens (tertiary/aromatic N) is 1. The van der Waals surface area contributed by atoms with E-state index in [0.29, 0.717) is 36.5 Å². The maximum absolute atomic E-state index is 12.8. The lowest BCUT2D eigenvalue weighted by Gasteiger charge is -2.21. The molecule has 0 aliphatic heterocycles. The number of likely N-dealkylation sites (N-methyl/N-ethyl adjacent to an activating group) is 1. The van der Waals surface area contributed by atoms with E-state index in [1.807, 2.05) is 30.1 Å². The van der Waals surface area contributed by atoms with Crippen LogP contribution in [0.15, 0.2) is 48.7 Å². The first kappa shape index (κ1) is 22.3. The van der Waals surface area contributed by atoms with Gasteiger partial charge in [-0.3, -0.25) is 0 Å². The molecular weight excluding hydrogens is 381 g/mol. The minimum absolute atomic E-state index is 0.351. The minimum Gasteiger partial charge on any atom is -0.496 e. The van der Waals surface area contributed by atoms with E-state index < -0.39 is 11.7 Å². The smallest absolute Gasteiger partial charge is 0.416 e. The molecule has 0 saturated heterocycles. The second kappa shape index (κ2) is 9.97. The number of hydrogen-bond donors (Lipinski definition) is 3. The number of hydrogen-bond acceptors (Lipinski definition) is 5. The fourth-order valence-corrected chi connectivity index (χ4v) is 2.84. The Morgan fingerprint density at radius 1 is 1.24 bits per heavy atom. The number of anilines is 1. The molecule has 4 N–H and O–H groups in total. The van der Waals surface area contributed by atoms with Crippen molar-refractivity contribution in [1.82, 2.24) is 5.32 Å². The number of nitrogens with one attached hydrogen (secondary N) is 2. The predicted octanol–water partition coefficient (Wildman–Crippen LogP) is 3.89. The van der Waals surface area contributed by atoms with Gasteiger partial charge in [0.25, 0.3) is 0 Å². The van der Waals surface area contributed by atoms with Gasteiger partial charge in [-0.25, -0.2) is 0 Å². The van der Waals surface area contributed by atoms with Crippen molar-refractivity contribution < 1.29 is 17.9 Å². The summed E-state index contributed by atoms with van der Waals surface area (Å²) in [4.78, 5) is 2.00. The van der Waals surface area contributed by atoms with Crippen molar-refractivity contribution in [2.45, 2.75) is 12.7 Å². The molecule has 0 amide bonds. The lowest BCUT2D eigenvalue weighted by Crippen LogP contribution is -2.29. The lowest BCUT2D eigenvalue weighted by atomic mass is 10.1. The zero-order valence-corrected chi connectivity index (χ0v) is 16.4. The Morgan fingerprint density at radius 2 is 2.00 bits per heavy atom. The normalized spacial score (nSPS) is 12.0. The van der Waals surface area contributed by atoms with Crippen molar-refractivity contribution in [2.75, 3.05) is 32.1 Å². The molecule has 8 heteroatoms. The third-order valence-electron chi connectivity index (χ3n) is 4.48. The summed E-state index contributed by atoms with van der Waals surface area (Å²) in [6.45, 7) is 1.58. The Bertz CT molecular complexity index is 865. The van der Waals surface area contributed by atoms with Crippen LogP contribution in [0.2, 0.25) is 0 Å². The number of allylic oxidation sites excluding steroid dienone is 1. The quantitative estimate of drug-likeness (QED) is 0.436. The molecule has 0 radical (unpaired) electrons. The molecule has 0 unspecified atom stereocenters. The average Bonchev–Trinajstić information content (AvgIpc) is 2.71. The van der Waals surface area contributed by atoms with E-state index in [0.717, 1.165) is 23.4 Å². The van der Waals surface area contributed by atoms with Crippen molar-refractivity contribution in [2.24, 2.45) is 5.73 Å². The zero-order valence-electron chi connectivity index (χ0n) is 16.4. The van der Waals surface area contributed by atoms with Crippen molar-refractivity contribution >= 4 is 17.5 Å². The van der Waals surface area contributed by atoms with Crippen LogP contribution >= 0.6 is 0 Å². The third kappa shape index (κ3) is 5.99. The number of ether oxygens (including phenoxy) is 1. The number of halogens is 3. The fraction of sp³-hybridized carbons (Fsp3) is 0.286. The van der Waals surface area contributed by atoms with E-state index in [-0.39, 0.29) is 0 Å². The van der Waals surface area contributed by atoms with Crippen LogP contribution in [0.25, 0.3) is 5.57 Å². The van der Waals surface area contributed by atoms with Gasteiger partial charge >= 0.3 is 6.18 Å². The van der Waals surface area contributed by atoms with Crippen LogP contribution in [-0.2, 0) is 12.7 Å². The molecule has 29 heavy (non-hydrogen) atoms. The summed E-state index contributed by atoms with van der Waals surface area (Å²) in [6, 6.07) is 10.9. The van der Waals surface area contributed by atoms with E-state index >= 15 is 0 Å². The molecule has 0 aliphatic carbocycles. The Morgan fingerprint density at radius 3 is 2.62 bits per heavy atom. The predicted molar refractivity (Wildman–Crippen MR) is 110 cm³/mol. The maximum atomic E-state index is 12.8. The van der Waals surface area contributed by atoms with E-state index in [1.54, 1.807) is 13.2 Å². The highest BCUT2D eigenvalue weighted by Crippen LogP contribution is 2.30. The number of methoxy groups -OCH3 is 1. The maximum Gasteiger partial charge on any atom is 0.416 e. The number of rotatable bonds is 9. The van der Waals surface area contributed by atoms with Gasteiger partial charge in [0.1, 0.15) is 5.75 Å². The van der Waals surface area contributed by atoms with Gasteiger partial charge in [-0.15, -0.1) is 0 Å². The van der Waals surface area contributed by atoms with Crippen LogP contribution in [0.4, 0.5) is 18.9 Å². The van der Waals surface area contributed by atoms with Crippen molar-refractivity contribution in [3.63, 3.8) is 0 Å². The summed E-state index contributed by atoms with van der Waals surface area (Å²) < 4.78 is 43.7. The molecule has 0 fully saturated rings. The molecule has 5 nitrogen and oxygen atoms in total. The van der Waals surface area contributed by atoms with Gasteiger partial charge in [-0.1, -0.05) is 18.2 Å². The summed E-state index contributed by atoms with van der Waals surface area (Å²) in [5.41, 5.74) is 7.68. The molecule has 2 aromatic carbocycles. The van der Waals surface area contributed by atoms with Crippen LogP contribution in [-0.4, -0.2) is 33.5 Å². The highest BCUT2D eigenvalue weighted by Gasteiger charge is 2.30. The van der Waals surface area contributed by atoms with Gasteiger partial charge in [-0.05, 0) is 23.8 Å². The SMILES string of the molecule is COc1cc(N(C)CCNCc2cccc(C(F)(F)F)c2)ccc1/C(C=N)=C/N. The fourth-order valence-electron chi connectivity index (χ4n) is 2.84. The topological polar surface area (TPSA) is 74.4 Å². The first-order valence-corrected chi connectivity index (χ1v) is 8.99. The first-order valence-electron chi connectivity index (χ1n) is 8.99. The summed E-state index contributed by atoms with van der Waals surface area (Å²) in [6.07, 6.45) is -1.82. The monoisotopic (exact) mass is 406 g/mol. The molecule has 2 aromatic rings. The molecule has 2 rings (SSSR count). The number of nitrogens with two attached hydrogens (primary N) is 1. The van der Waals surface area contributed by atoms with E-state index in [1.165, 1.54) is 18.5 Å². The lowest BCUT2D eigenvalue weighted by molar-refractivity contribution is -0.137. The molecule has 0 saturated carbocycles. The Labute approximate surface area is 168 Å². The highest BCUT2D eigenvalue weighted by atomic mass is 19.4. The van der Waals surface area contributed by atoms with Gasteiger partial charge in [0.05, 0.1) is 12.7 Å². The zero-order chi connectivity index (χ0) is 21.4. The van der Waals surface area contributed by atoms with Crippen molar-refractivity contribution in [3.05, 3.63) is 65.4 Å². The largest absolute Gasteiger partial charge is 0.496 e. The van der Waals surface area contributed by atoms with Crippen LogP contribution in [0.5, 0.6) is 5.75 Å². The van der Waals surface area contributed by atoms with Gasteiger partial charge in [0, 0.05) is 62.0 Å². The Balaban J connectivity index is 1.94. The number of alkyl halides is 3. The van der Waals surface area contributed by atoms with E-state index in [4.69, 9.17) is 15.9 Å². The van der Waals surface area contributed by atoms with Crippen LogP contribution < -0.4 is 20.7 Å². The van der Waals surface area contributed by atoms with Gasteiger partial charge < -0.3 is 26.1 Å². The van der Waals surface area contributed by atoms with E-state index in [2.05, 4.69) is 5.32 Å². The third-order valence-corrected chi connectivity index (χ3v) is 4.48. The summed E-state index contributed by atoms with van der Waals surface area (Å²) >= 11 is 0. The molecule has 0 heterocycles. The molecule has 0 atom stereocenters. The summed E-state index contributed by atoms with van der Waals surface area (Å²) in [7, 11) is 3.47. The standard InChI is InChI=1S/C21H25F3N4O/c1-28(18-6-7-19(16(12-25)13-26)20(11-18)29-2)9-8-27-14-15-4-3-5-17(10-15)21(22,23)24/h3-7,10-13,25,27H,8-9,14,26H2,1-2H3/b16-13+,25-12?. The number of benzene rings is 2. The average molecular weight is 406 g/mol. The van der Waals surface area contributed by atoms with Gasteiger partial charge in [0.2, 0.25) is 0 Å².